The molecular formula is C16H23F3N2. The van der Waals surface area contributed by atoms with E-state index in [2.05, 4.69) is 11.8 Å². The first kappa shape index (κ1) is 16.3. The van der Waals surface area contributed by atoms with Gasteiger partial charge >= 0.3 is 6.18 Å². The molecule has 5 heteroatoms. The summed E-state index contributed by atoms with van der Waals surface area (Å²) in [5.41, 5.74) is 5.96. The molecule has 1 saturated carbocycles. The monoisotopic (exact) mass is 300 g/mol. The lowest BCUT2D eigenvalue weighted by atomic mass is 10.0. The topological polar surface area (TPSA) is 29.3 Å². The molecule has 0 aromatic heterocycles. The number of hydrogen-bond acceptors (Lipinski definition) is 2. The van der Waals surface area contributed by atoms with Gasteiger partial charge in [-0.15, -0.1) is 0 Å². The van der Waals surface area contributed by atoms with Gasteiger partial charge in [0.1, 0.15) is 0 Å². The van der Waals surface area contributed by atoms with Crippen LogP contribution in [0.25, 0.3) is 0 Å². The van der Waals surface area contributed by atoms with Crippen molar-refractivity contribution in [3.05, 3.63) is 35.4 Å². The zero-order valence-corrected chi connectivity index (χ0v) is 12.4. The Hall–Kier alpha value is -1.07. The normalized spacial score (nSPS) is 23.0. The van der Waals surface area contributed by atoms with Gasteiger partial charge in [0, 0.05) is 12.6 Å². The number of rotatable bonds is 5. The van der Waals surface area contributed by atoms with Gasteiger partial charge in [-0.05, 0) is 43.5 Å². The molecule has 1 aromatic rings. The minimum Gasteiger partial charge on any atom is -0.330 e. The largest absolute Gasteiger partial charge is 0.416 e. The fourth-order valence-corrected chi connectivity index (χ4v) is 3.32. The first-order valence-electron chi connectivity index (χ1n) is 7.56. The highest BCUT2D eigenvalue weighted by Crippen LogP contribution is 2.32. The van der Waals surface area contributed by atoms with E-state index in [-0.39, 0.29) is 0 Å². The van der Waals surface area contributed by atoms with Gasteiger partial charge in [-0.1, -0.05) is 31.5 Å². The first-order valence-corrected chi connectivity index (χ1v) is 7.56. The number of benzene rings is 1. The standard InChI is InChI=1S/C16H23F3N2/c1-2-21(15-8-4-6-13(15)10-20)11-12-5-3-7-14(9-12)16(17,18)19/h3,5,7,9,13,15H,2,4,6,8,10-11,20H2,1H3. The number of hydrogen-bond donors (Lipinski definition) is 1. The lowest BCUT2D eigenvalue weighted by Gasteiger charge is -2.32. The first-order chi connectivity index (χ1) is 9.95. The van der Waals surface area contributed by atoms with E-state index >= 15 is 0 Å². The van der Waals surface area contributed by atoms with E-state index in [1.807, 2.05) is 0 Å². The van der Waals surface area contributed by atoms with E-state index in [0.29, 0.717) is 30.6 Å². The Morgan fingerprint density at radius 3 is 2.67 bits per heavy atom. The molecule has 0 radical (unpaired) electrons. The maximum atomic E-state index is 12.8. The van der Waals surface area contributed by atoms with Crippen molar-refractivity contribution in [1.82, 2.24) is 4.90 Å². The van der Waals surface area contributed by atoms with Crippen molar-refractivity contribution in [2.45, 2.75) is 44.9 Å². The van der Waals surface area contributed by atoms with Crippen LogP contribution in [0.1, 0.15) is 37.3 Å². The summed E-state index contributed by atoms with van der Waals surface area (Å²) < 4.78 is 38.3. The molecule has 0 amide bonds. The summed E-state index contributed by atoms with van der Waals surface area (Å²) in [6.45, 7) is 4.10. The van der Waals surface area contributed by atoms with Crippen LogP contribution in [0, 0.1) is 5.92 Å². The molecule has 0 heterocycles. The molecule has 0 bridgehead atoms. The number of nitrogens with zero attached hydrogens (tertiary/aromatic N) is 1. The van der Waals surface area contributed by atoms with Crippen LogP contribution in [0.4, 0.5) is 13.2 Å². The lowest BCUT2D eigenvalue weighted by molar-refractivity contribution is -0.137. The molecule has 1 aliphatic rings. The smallest absolute Gasteiger partial charge is 0.330 e. The number of alkyl halides is 3. The fraction of sp³-hybridized carbons (Fsp3) is 0.625. The Balaban J connectivity index is 2.12. The Morgan fingerprint density at radius 1 is 1.29 bits per heavy atom. The third-order valence-electron chi connectivity index (χ3n) is 4.44. The van der Waals surface area contributed by atoms with E-state index in [1.165, 1.54) is 12.1 Å². The summed E-state index contributed by atoms with van der Waals surface area (Å²) >= 11 is 0. The zero-order chi connectivity index (χ0) is 15.5. The summed E-state index contributed by atoms with van der Waals surface area (Å²) in [5.74, 6) is 0.468. The van der Waals surface area contributed by atoms with Crippen molar-refractivity contribution in [2.24, 2.45) is 11.7 Å². The van der Waals surface area contributed by atoms with Crippen molar-refractivity contribution in [3.8, 4) is 0 Å². The Kier molecular flexibility index (Phi) is 5.27. The van der Waals surface area contributed by atoms with Crippen LogP contribution in [0.2, 0.25) is 0 Å². The predicted octanol–water partition coefficient (Wildman–Crippen LogP) is 3.65. The Bertz CT molecular complexity index is 459. The molecule has 2 unspecified atom stereocenters. The maximum absolute atomic E-state index is 12.8. The van der Waals surface area contributed by atoms with E-state index in [0.717, 1.165) is 31.9 Å². The molecule has 0 saturated heterocycles. The molecule has 118 valence electrons. The van der Waals surface area contributed by atoms with Gasteiger partial charge in [0.05, 0.1) is 5.56 Å². The van der Waals surface area contributed by atoms with Crippen molar-refractivity contribution >= 4 is 0 Å². The second kappa shape index (κ2) is 6.79. The third kappa shape index (κ3) is 3.98. The predicted molar refractivity (Wildman–Crippen MR) is 77.7 cm³/mol. The number of nitrogens with two attached hydrogens (primary N) is 1. The van der Waals surface area contributed by atoms with Crippen molar-refractivity contribution in [1.29, 1.82) is 0 Å². The minimum atomic E-state index is -4.28. The molecule has 21 heavy (non-hydrogen) atoms. The van der Waals surface area contributed by atoms with Gasteiger partial charge in [-0.25, -0.2) is 0 Å². The quantitative estimate of drug-likeness (QED) is 0.899. The average Bonchev–Trinajstić information content (AvgIpc) is 2.92. The van der Waals surface area contributed by atoms with Gasteiger partial charge in [-0.3, -0.25) is 4.90 Å². The molecule has 2 atom stereocenters. The molecule has 0 aliphatic heterocycles. The molecular weight excluding hydrogens is 277 g/mol. The Morgan fingerprint density at radius 2 is 2.05 bits per heavy atom. The highest BCUT2D eigenvalue weighted by atomic mass is 19.4. The van der Waals surface area contributed by atoms with Gasteiger partial charge < -0.3 is 5.73 Å². The summed E-state index contributed by atoms with van der Waals surface area (Å²) in [4.78, 5) is 2.26. The van der Waals surface area contributed by atoms with Crippen LogP contribution in [-0.2, 0) is 12.7 Å². The van der Waals surface area contributed by atoms with Crippen LogP contribution in [-0.4, -0.2) is 24.0 Å². The lowest BCUT2D eigenvalue weighted by Crippen LogP contribution is -2.39. The van der Waals surface area contributed by atoms with E-state index in [9.17, 15) is 13.2 Å². The van der Waals surface area contributed by atoms with Crippen LogP contribution in [0.15, 0.2) is 24.3 Å². The molecule has 2 N–H and O–H groups in total. The highest BCUT2D eigenvalue weighted by molar-refractivity contribution is 5.25. The van der Waals surface area contributed by atoms with E-state index in [1.54, 1.807) is 6.07 Å². The number of halogens is 3. The summed E-state index contributed by atoms with van der Waals surface area (Å²) in [6, 6.07) is 6.04. The molecule has 1 aromatic carbocycles. The second-order valence-electron chi connectivity index (χ2n) is 5.76. The van der Waals surface area contributed by atoms with Gasteiger partial charge in [0.2, 0.25) is 0 Å². The fourth-order valence-electron chi connectivity index (χ4n) is 3.32. The van der Waals surface area contributed by atoms with Gasteiger partial charge in [0.15, 0.2) is 0 Å². The average molecular weight is 300 g/mol. The van der Waals surface area contributed by atoms with Crippen LogP contribution in [0.3, 0.4) is 0 Å². The molecule has 1 aliphatic carbocycles. The van der Waals surface area contributed by atoms with Crippen LogP contribution >= 0.6 is 0 Å². The molecule has 2 rings (SSSR count). The van der Waals surface area contributed by atoms with Crippen LogP contribution in [0.5, 0.6) is 0 Å². The SMILES string of the molecule is CCN(Cc1cccc(C(F)(F)F)c1)C1CCCC1CN. The summed E-state index contributed by atoms with van der Waals surface area (Å²) in [6.07, 6.45) is -0.902. The molecule has 2 nitrogen and oxygen atoms in total. The molecule has 1 fully saturated rings. The van der Waals surface area contributed by atoms with Crippen molar-refractivity contribution in [2.75, 3.05) is 13.1 Å². The summed E-state index contributed by atoms with van der Waals surface area (Å²) in [7, 11) is 0. The van der Waals surface area contributed by atoms with E-state index < -0.39 is 11.7 Å². The zero-order valence-electron chi connectivity index (χ0n) is 12.4. The second-order valence-corrected chi connectivity index (χ2v) is 5.76. The van der Waals surface area contributed by atoms with Crippen molar-refractivity contribution < 1.29 is 13.2 Å². The highest BCUT2D eigenvalue weighted by Gasteiger charge is 2.32. The summed E-state index contributed by atoms with van der Waals surface area (Å²) in [5, 5.41) is 0. The maximum Gasteiger partial charge on any atom is 0.416 e. The van der Waals surface area contributed by atoms with Gasteiger partial charge in [-0.2, -0.15) is 13.2 Å². The van der Waals surface area contributed by atoms with Crippen molar-refractivity contribution in [3.63, 3.8) is 0 Å². The minimum absolute atomic E-state index is 0.398. The van der Waals surface area contributed by atoms with E-state index in [4.69, 9.17) is 5.73 Å². The van der Waals surface area contributed by atoms with Crippen LogP contribution < -0.4 is 5.73 Å². The van der Waals surface area contributed by atoms with Gasteiger partial charge in [0.25, 0.3) is 0 Å². The Labute approximate surface area is 124 Å². The molecule has 0 spiro atoms. The third-order valence-corrected chi connectivity index (χ3v) is 4.44.